The lowest BCUT2D eigenvalue weighted by atomic mass is 10.1. The van der Waals surface area contributed by atoms with E-state index in [4.69, 9.17) is 10.8 Å². The fourth-order valence-electron chi connectivity index (χ4n) is 1.96. The summed E-state index contributed by atoms with van der Waals surface area (Å²) in [5.41, 5.74) is 6.50. The van der Waals surface area contributed by atoms with Gasteiger partial charge in [-0.25, -0.2) is 0 Å². The van der Waals surface area contributed by atoms with Crippen LogP contribution >= 0.6 is 0 Å². The molecule has 2 aromatic rings. The summed E-state index contributed by atoms with van der Waals surface area (Å²) in [5.74, 6) is -1.11. The molecule has 0 amide bonds. The quantitative estimate of drug-likeness (QED) is 0.825. The molecule has 0 unspecified atom stereocenters. The topological polar surface area (TPSA) is 85.3 Å². The van der Waals surface area contributed by atoms with Crippen molar-refractivity contribution in [2.75, 3.05) is 0 Å². The first kappa shape index (κ1) is 12.3. The summed E-state index contributed by atoms with van der Waals surface area (Å²) in [7, 11) is 1.67. The molecule has 1 atom stereocenters. The first-order valence-electron chi connectivity index (χ1n) is 5.56. The van der Waals surface area contributed by atoms with E-state index in [0.717, 1.165) is 10.9 Å². The lowest BCUT2D eigenvalue weighted by Crippen LogP contribution is -2.35. The minimum atomic E-state index is -1.11. The molecule has 1 aromatic carbocycles. The number of aryl methyl sites for hydroxylation is 1. The van der Waals surface area contributed by atoms with Crippen LogP contribution in [0, 0.1) is 0 Å². The number of hydrogen-bond acceptors (Lipinski definition) is 3. The predicted octanol–water partition coefficient (Wildman–Crippen LogP) is 0.493. The van der Waals surface area contributed by atoms with Gasteiger partial charge >= 0.3 is 5.97 Å². The largest absolute Gasteiger partial charge is 0.480 e. The van der Waals surface area contributed by atoms with Gasteiger partial charge in [0.15, 0.2) is 0 Å². The summed E-state index contributed by atoms with van der Waals surface area (Å²) in [6.07, 6.45) is 0.0346. The third kappa shape index (κ3) is 2.12. The first-order valence-corrected chi connectivity index (χ1v) is 5.56. The van der Waals surface area contributed by atoms with E-state index in [-0.39, 0.29) is 12.0 Å². The van der Waals surface area contributed by atoms with Gasteiger partial charge in [0.05, 0.1) is 5.52 Å². The molecule has 3 N–H and O–H groups in total. The molecular weight excluding hydrogens is 232 g/mol. The molecule has 0 aliphatic rings. The van der Waals surface area contributed by atoms with Gasteiger partial charge in [0.25, 0.3) is 5.56 Å². The fraction of sp³-hybridized carbons (Fsp3) is 0.231. The second-order valence-corrected chi connectivity index (χ2v) is 4.24. The molecule has 1 aromatic heterocycles. The number of nitrogens with zero attached hydrogens (tertiary/aromatic N) is 1. The van der Waals surface area contributed by atoms with Crippen molar-refractivity contribution < 1.29 is 9.90 Å². The molecule has 0 bridgehead atoms. The minimum Gasteiger partial charge on any atom is -0.480 e. The van der Waals surface area contributed by atoms with Gasteiger partial charge in [0.1, 0.15) is 6.04 Å². The summed E-state index contributed by atoms with van der Waals surface area (Å²) in [6, 6.07) is 8.10. The second kappa shape index (κ2) is 4.62. The minimum absolute atomic E-state index is 0.0346. The van der Waals surface area contributed by atoms with Crippen LogP contribution in [-0.4, -0.2) is 21.7 Å². The third-order valence-electron chi connectivity index (χ3n) is 2.96. The van der Waals surface area contributed by atoms with Crippen LogP contribution in [0.4, 0.5) is 0 Å². The zero-order chi connectivity index (χ0) is 13.3. The lowest BCUT2D eigenvalue weighted by molar-refractivity contribution is -0.138. The Morgan fingerprint density at radius 3 is 2.78 bits per heavy atom. The van der Waals surface area contributed by atoms with Crippen LogP contribution in [0.15, 0.2) is 35.1 Å². The standard InChI is InChI=1S/C13H14N2O3/c1-15-11-5-3-2-4-8(11)6-9(12(15)16)7-10(14)13(17)18/h2-6,10H,7,14H2,1H3,(H,17,18)/t10-/m1/s1. The maximum absolute atomic E-state index is 12.1. The second-order valence-electron chi connectivity index (χ2n) is 4.24. The highest BCUT2D eigenvalue weighted by Crippen LogP contribution is 2.12. The SMILES string of the molecule is Cn1c(=O)c(C[C@@H](N)C(=O)O)cc2ccccc21. The van der Waals surface area contributed by atoms with E-state index in [2.05, 4.69) is 0 Å². The van der Waals surface area contributed by atoms with Crippen molar-refractivity contribution in [2.24, 2.45) is 12.8 Å². The van der Waals surface area contributed by atoms with E-state index in [1.807, 2.05) is 24.3 Å². The van der Waals surface area contributed by atoms with Crippen LogP contribution in [-0.2, 0) is 18.3 Å². The molecule has 0 aliphatic carbocycles. The number of benzene rings is 1. The van der Waals surface area contributed by atoms with Crippen LogP contribution in [0.1, 0.15) is 5.56 Å². The summed E-state index contributed by atoms with van der Waals surface area (Å²) < 4.78 is 1.51. The molecule has 0 saturated carbocycles. The van der Waals surface area contributed by atoms with Gasteiger partial charge in [0.2, 0.25) is 0 Å². The number of carbonyl (C=O) groups is 1. The maximum atomic E-state index is 12.1. The van der Waals surface area contributed by atoms with Crippen LogP contribution < -0.4 is 11.3 Å². The zero-order valence-electron chi connectivity index (χ0n) is 9.96. The molecule has 0 fully saturated rings. The average molecular weight is 246 g/mol. The van der Waals surface area contributed by atoms with Crippen molar-refractivity contribution in [3.05, 3.63) is 46.2 Å². The Hall–Kier alpha value is -2.14. The van der Waals surface area contributed by atoms with E-state index in [0.29, 0.717) is 5.56 Å². The normalized spacial score (nSPS) is 12.6. The van der Waals surface area contributed by atoms with E-state index in [1.165, 1.54) is 4.57 Å². The summed E-state index contributed by atoms with van der Waals surface area (Å²) >= 11 is 0. The Labute approximate surface area is 103 Å². The molecule has 5 heteroatoms. The summed E-state index contributed by atoms with van der Waals surface area (Å²) in [5, 5.41) is 9.68. The number of carboxylic acids is 1. The van der Waals surface area contributed by atoms with Crippen molar-refractivity contribution in [3.8, 4) is 0 Å². The maximum Gasteiger partial charge on any atom is 0.320 e. The Balaban J connectivity index is 2.56. The Morgan fingerprint density at radius 1 is 1.44 bits per heavy atom. The molecule has 2 rings (SSSR count). The van der Waals surface area contributed by atoms with Crippen LogP contribution in [0.25, 0.3) is 10.9 Å². The van der Waals surface area contributed by atoms with E-state index in [1.54, 1.807) is 13.1 Å². The first-order chi connectivity index (χ1) is 8.50. The number of rotatable bonds is 3. The smallest absolute Gasteiger partial charge is 0.320 e. The highest BCUT2D eigenvalue weighted by atomic mass is 16.4. The number of aliphatic carboxylic acids is 1. The molecule has 0 saturated heterocycles. The van der Waals surface area contributed by atoms with E-state index >= 15 is 0 Å². The van der Waals surface area contributed by atoms with Gasteiger partial charge in [0, 0.05) is 19.0 Å². The highest BCUT2D eigenvalue weighted by Gasteiger charge is 2.15. The summed E-state index contributed by atoms with van der Waals surface area (Å²) in [6.45, 7) is 0. The Bertz CT molecular complexity index is 661. The Morgan fingerprint density at radius 2 is 2.11 bits per heavy atom. The number of fused-ring (bicyclic) bond motifs is 1. The number of para-hydroxylation sites is 1. The molecule has 1 heterocycles. The van der Waals surface area contributed by atoms with E-state index < -0.39 is 12.0 Å². The van der Waals surface area contributed by atoms with Gasteiger partial charge in [-0.3, -0.25) is 9.59 Å². The van der Waals surface area contributed by atoms with Crippen LogP contribution in [0.2, 0.25) is 0 Å². The molecule has 0 spiro atoms. The Kier molecular flexibility index (Phi) is 3.16. The van der Waals surface area contributed by atoms with Gasteiger partial charge in [-0.2, -0.15) is 0 Å². The molecule has 94 valence electrons. The van der Waals surface area contributed by atoms with Crippen molar-refractivity contribution in [1.82, 2.24) is 4.57 Å². The lowest BCUT2D eigenvalue weighted by Gasteiger charge is -2.10. The number of carboxylic acid groups (broad SMARTS) is 1. The molecule has 18 heavy (non-hydrogen) atoms. The predicted molar refractivity (Wildman–Crippen MR) is 68.5 cm³/mol. The fourth-order valence-corrected chi connectivity index (χ4v) is 1.96. The number of hydrogen-bond donors (Lipinski definition) is 2. The molecular formula is C13H14N2O3. The highest BCUT2D eigenvalue weighted by molar-refractivity contribution is 5.80. The molecule has 5 nitrogen and oxygen atoms in total. The molecule has 0 aliphatic heterocycles. The van der Waals surface area contributed by atoms with Crippen molar-refractivity contribution in [2.45, 2.75) is 12.5 Å². The van der Waals surface area contributed by atoms with Gasteiger partial charge in [-0.15, -0.1) is 0 Å². The van der Waals surface area contributed by atoms with Gasteiger partial charge in [-0.1, -0.05) is 18.2 Å². The van der Waals surface area contributed by atoms with Gasteiger partial charge in [-0.05, 0) is 17.5 Å². The number of nitrogens with two attached hydrogens (primary N) is 1. The van der Waals surface area contributed by atoms with Crippen molar-refractivity contribution in [1.29, 1.82) is 0 Å². The number of aromatic nitrogens is 1. The zero-order valence-corrected chi connectivity index (χ0v) is 9.96. The number of pyridine rings is 1. The average Bonchev–Trinajstić information content (AvgIpc) is 2.35. The third-order valence-corrected chi connectivity index (χ3v) is 2.96. The molecule has 0 radical (unpaired) electrons. The summed E-state index contributed by atoms with van der Waals surface area (Å²) in [4.78, 5) is 22.8. The van der Waals surface area contributed by atoms with Crippen molar-refractivity contribution in [3.63, 3.8) is 0 Å². The van der Waals surface area contributed by atoms with Crippen LogP contribution in [0.3, 0.4) is 0 Å². The van der Waals surface area contributed by atoms with Gasteiger partial charge < -0.3 is 15.4 Å². The van der Waals surface area contributed by atoms with E-state index in [9.17, 15) is 9.59 Å². The monoisotopic (exact) mass is 246 g/mol. The van der Waals surface area contributed by atoms with Crippen molar-refractivity contribution >= 4 is 16.9 Å². The van der Waals surface area contributed by atoms with Crippen LogP contribution in [0.5, 0.6) is 0 Å².